The van der Waals surface area contributed by atoms with Crippen molar-refractivity contribution in [3.05, 3.63) is 23.8 Å². The summed E-state index contributed by atoms with van der Waals surface area (Å²) in [5.74, 6) is -0.787. The third-order valence-corrected chi connectivity index (χ3v) is 6.00. The van der Waals surface area contributed by atoms with Crippen molar-refractivity contribution < 1.29 is 27.6 Å². The van der Waals surface area contributed by atoms with Crippen LogP contribution < -0.4 is 15.5 Å². The van der Waals surface area contributed by atoms with Crippen molar-refractivity contribution >= 4 is 29.1 Å². The lowest BCUT2D eigenvalue weighted by Crippen LogP contribution is -2.54. The van der Waals surface area contributed by atoms with Gasteiger partial charge < -0.3 is 10.6 Å². The van der Waals surface area contributed by atoms with E-state index in [9.17, 15) is 27.6 Å². The van der Waals surface area contributed by atoms with Crippen LogP contribution in [-0.4, -0.2) is 54.8 Å². The Morgan fingerprint density at radius 1 is 1.25 bits per heavy atom. The molecule has 1 saturated heterocycles. The highest BCUT2D eigenvalue weighted by molar-refractivity contribution is 6.11. The van der Waals surface area contributed by atoms with Gasteiger partial charge in [0.25, 0.3) is 0 Å². The predicted octanol–water partition coefficient (Wildman–Crippen LogP) is 2.86. The third-order valence-electron chi connectivity index (χ3n) is 6.00. The van der Waals surface area contributed by atoms with E-state index in [2.05, 4.69) is 10.6 Å². The van der Waals surface area contributed by atoms with Gasteiger partial charge in [0, 0.05) is 19.0 Å². The molecule has 176 valence electrons. The fourth-order valence-electron chi connectivity index (χ4n) is 4.11. The van der Waals surface area contributed by atoms with Gasteiger partial charge in [-0.15, -0.1) is 0 Å². The molecule has 1 fully saturated rings. The van der Waals surface area contributed by atoms with Crippen LogP contribution in [0.4, 0.5) is 24.5 Å². The number of nitrogens with one attached hydrogen (secondary N) is 2. The molecule has 0 spiro atoms. The first-order chi connectivity index (χ1) is 15.0. The summed E-state index contributed by atoms with van der Waals surface area (Å²) >= 11 is 0. The minimum absolute atomic E-state index is 0.0135. The number of rotatable bonds is 5. The van der Waals surface area contributed by atoms with Crippen LogP contribution in [0, 0.1) is 11.8 Å². The highest BCUT2D eigenvalue weighted by atomic mass is 19.4. The maximum atomic E-state index is 13.3. The number of carbonyl (C=O) groups is 3. The number of benzene rings is 1. The Balaban J connectivity index is 1.72. The van der Waals surface area contributed by atoms with Crippen molar-refractivity contribution in [1.29, 1.82) is 0 Å². The molecule has 3 rings (SSSR count). The number of nitrogens with zero attached hydrogens (tertiary/aromatic N) is 2. The average molecular weight is 454 g/mol. The van der Waals surface area contributed by atoms with Crippen molar-refractivity contribution in [2.45, 2.75) is 45.8 Å². The number of halogens is 3. The van der Waals surface area contributed by atoms with Gasteiger partial charge in [-0.2, -0.15) is 13.2 Å². The summed E-state index contributed by atoms with van der Waals surface area (Å²) < 4.78 is 39.1. The number of hydrogen-bond donors (Lipinski definition) is 2. The molecule has 2 atom stereocenters. The first kappa shape index (κ1) is 24.0. The van der Waals surface area contributed by atoms with Crippen molar-refractivity contribution in [3.8, 4) is 0 Å². The van der Waals surface area contributed by atoms with Crippen molar-refractivity contribution in [3.63, 3.8) is 0 Å². The molecule has 0 radical (unpaired) electrons. The summed E-state index contributed by atoms with van der Waals surface area (Å²) in [7, 11) is 0. The number of likely N-dealkylation sites (tertiary alicyclic amines) is 1. The second-order valence-electron chi connectivity index (χ2n) is 8.78. The quantitative estimate of drug-likeness (QED) is 0.717. The van der Waals surface area contributed by atoms with Crippen molar-refractivity contribution in [1.82, 2.24) is 10.2 Å². The average Bonchev–Trinajstić information content (AvgIpc) is 2.74. The SMILES string of the molecule is CC(C)C(=O)NCC1CCCN(C(C)C(=O)N2CC(=O)Nc3cc(C(F)(F)F)ccc32)C1. The van der Waals surface area contributed by atoms with Crippen LogP contribution >= 0.6 is 0 Å². The van der Waals surface area contributed by atoms with Gasteiger partial charge in [0.2, 0.25) is 17.7 Å². The van der Waals surface area contributed by atoms with Gasteiger partial charge in [-0.3, -0.25) is 24.2 Å². The van der Waals surface area contributed by atoms with E-state index in [1.54, 1.807) is 6.92 Å². The van der Waals surface area contributed by atoms with E-state index in [0.717, 1.165) is 25.0 Å². The summed E-state index contributed by atoms with van der Waals surface area (Å²) in [6, 6.07) is 2.43. The molecule has 0 aromatic heterocycles. The summed E-state index contributed by atoms with van der Waals surface area (Å²) in [6.07, 6.45) is -2.75. The normalized spacial score (nSPS) is 20.5. The van der Waals surface area contributed by atoms with E-state index in [1.807, 2.05) is 18.7 Å². The van der Waals surface area contributed by atoms with Crippen LogP contribution in [0.3, 0.4) is 0 Å². The summed E-state index contributed by atoms with van der Waals surface area (Å²) in [5.41, 5.74) is -0.655. The molecule has 2 heterocycles. The van der Waals surface area contributed by atoms with Crippen molar-refractivity contribution in [2.24, 2.45) is 11.8 Å². The Hall–Kier alpha value is -2.62. The van der Waals surface area contributed by atoms with E-state index in [-0.39, 0.29) is 41.6 Å². The maximum absolute atomic E-state index is 13.3. The molecule has 7 nitrogen and oxygen atoms in total. The zero-order chi connectivity index (χ0) is 23.6. The standard InChI is InChI=1S/C22H29F3N4O3/c1-13(2)20(31)26-10-15-5-4-8-28(11-15)14(3)21(32)29-12-19(30)27-17-9-16(22(23,24)25)6-7-18(17)29/h6-7,9,13-15H,4-5,8,10-12H2,1-3H3,(H,26,31)(H,27,30). The molecule has 0 saturated carbocycles. The lowest BCUT2D eigenvalue weighted by molar-refractivity contribution is -0.137. The zero-order valence-corrected chi connectivity index (χ0v) is 18.5. The fourth-order valence-corrected chi connectivity index (χ4v) is 4.11. The highest BCUT2D eigenvalue weighted by Gasteiger charge is 2.36. The van der Waals surface area contributed by atoms with Gasteiger partial charge in [-0.25, -0.2) is 0 Å². The second-order valence-corrected chi connectivity index (χ2v) is 8.78. The Morgan fingerprint density at radius 2 is 1.97 bits per heavy atom. The Morgan fingerprint density at radius 3 is 2.62 bits per heavy atom. The van der Waals surface area contributed by atoms with E-state index in [1.165, 1.54) is 11.0 Å². The molecule has 2 aliphatic rings. The highest BCUT2D eigenvalue weighted by Crippen LogP contribution is 2.37. The number of carbonyl (C=O) groups excluding carboxylic acids is 3. The first-order valence-corrected chi connectivity index (χ1v) is 10.8. The fraction of sp³-hybridized carbons (Fsp3) is 0.591. The van der Waals surface area contributed by atoms with Crippen LogP contribution in [0.2, 0.25) is 0 Å². The van der Waals surface area contributed by atoms with E-state index < -0.39 is 23.7 Å². The van der Waals surface area contributed by atoms with Crippen molar-refractivity contribution in [2.75, 3.05) is 36.4 Å². The van der Waals surface area contributed by atoms with Gasteiger partial charge in [0.05, 0.1) is 23.0 Å². The topological polar surface area (TPSA) is 81.8 Å². The number of hydrogen-bond acceptors (Lipinski definition) is 4. The number of piperidine rings is 1. The van der Waals surface area contributed by atoms with Crippen LogP contribution in [0.5, 0.6) is 0 Å². The molecule has 32 heavy (non-hydrogen) atoms. The smallest absolute Gasteiger partial charge is 0.356 e. The number of fused-ring (bicyclic) bond motifs is 1. The lowest BCUT2D eigenvalue weighted by Gasteiger charge is -2.39. The van der Waals surface area contributed by atoms with Gasteiger partial charge in [0.1, 0.15) is 6.54 Å². The van der Waals surface area contributed by atoms with Crippen LogP contribution in [0.25, 0.3) is 0 Å². The second kappa shape index (κ2) is 9.48. The first-order valence-electron chi connectivity index (χ1n) is 10.8. The predicted molar refractivity (Wildman–Crippen MR) is 114 cm³/mol. The molecule has 2 aliphatic heterocycles. The lowest BCUT2D eigenvalue weighted by atomic mass is 9.96. The Kier molecular flexibility index (Phi) is 7.12. The number of amides is 3. The minimum Gasteiger partial charge on any atom is -0.356 e. The summed E-state index contributed by atoms with van der Waals surface area (Å²) in [6.45, 7) is 6.99. The molecule has 10 heteroatoms. The van der Waals surface area contributed by atoms with Crippen LogP contribution in [0.15, 0.2) is 18.2 Å². The van der Waals surface area contributed by atoms with E-state index in [0.29, 0.717) is 19.6 Å². The minimum atomic E-state index is -4.55. The molecule has 1 aromatic rings. The van der Waals surface area contributed by atoms with E-state index >= 15 is 0 Å². The molecular formula is C22H29F3N4O3. The Bertz CT molecular complexity index is 888. The summed E-state index contributed by atoms with van der Waals surface area (Å²) in [4.78, 5) is 40.5. The molecule has 3 amide bonds. The monoisotopic (exact) mass is 454 g/mol. The van der Waals surface area contributed by atoms with Gasteiger partial charge in [-0.1, -0.05) is 13.8 Å². The molecular weight excluding hydrogens is 425 g/mol. The largest absolute Gasteiger partial charge is 0.416 e. The van der Waals surface area contributed by atoms with E-state index in [4.69, 9.17) is 0 Å². The number of alkyl halides is 3. The molecule has 1 aromatic carbocycles. The molecule has 2 N–H and O–H groups in total. The van der Waals surface area contributed by atoms with Crippen LogP contribution in [-0.2, 0) is 20.6 Å². The van der Waals surface area contributed by atoms with Gasteiger partial charge in [0.15, 0.2) is 0 Å². The zero-order valence-electron chi connectivity index (χ0n) is 18.5. The van der Waals surface area contributed by atoms with Gasteiger partial charge >= 0.3 is 6.18 Å². The summed E-state index contributed by atoms with van der Waals surface area (Å²) in [5, 5.41) is 5.37. The Labute approximate surface area is 185 Å². The van der Waals surface area contributed by atoms with Gasteiger partial charge in [-0.05, 0) is 50.4 Å². The third kappa shape index (κ3) is 5.40. The van der Waals surface area contributed by atoms with Crippen LogP contribution in [0.1, 0.15) is 39.2 Å². The maximum Gasteiger partial charge on any atom is 0.416 e. The molecule has 0 aliphatic carbocycles. The molecule has 2 unspecified atom stereocenters. The molecule has 0 bridgehead atoms. The number of anilines is 2.